The normalized spacial score (nSPS) is 5.38. The molecule has 0 saturated heterocycles. The molecule has 0 aromatic rings. The third kappa shape index (κ3) is 6410. The van der Waals surface area contributed by atoms with Crippen molar-refractivity contribution in [3.8, 4) is 0 Å². The van der Waals surface area contributed by atoms with Crippen LogP contribution in [0, 0.1) is 0 Å². The molecule has 0 radical (unpaired) electrons. The molecular formula is C3H9NO3Zn. The molecule has 0 aliphatic heterocycles. The third-order valence-electron chi connectivity index (χ3n) is 0. The molecule has 0 aromatic carbocycles. The quantitative estimate of drug-likeness (QED) is 0.504. The maximum Gasteiger partial charge on any atom is 0.249 e. The van der Waals surface area contributed by atoms with Gasteiger partial charge in [0.2, 0.25) is 6.16 Å². The molecule has 0 fully saturated rings. The average molecular weight is 172 g/mol. The van der Waals surface area contributed by atoms with Gasteiger partial charge in [-0.2, -0.15) is 0 Å². The molecule has 5 heteroatoms. The van der Waals surface area contributed by atoms with Crippen molar-refractivity contribution in [1.82, 2.24) is 6.15 Å². The van der Waals surface area contributed by atoms with E-state index < -0.39 is 6.16 Å². The van der Waals surface area contributed by atoms with Crippen LogP contribution in [0.25, 0.3) is 0 Å². The summed E-state index contributed by atoms with van der Waals surface area (Å²) >= 11 is 1.44. The average Bonchev–Trinajstić information content (AvgIpc) is 1.33. The van der Waals surface area contributed by atoms with Crippen LogP contribution in [0.5, 0.6) is 0 Å². The van der Waals surface area contributed by atoms with Gasteiger partial charge in [-0.25, -0.2) is 0 Å². The Bertz CT molecular complexity index is 45.8. The van der Waals surface area contributed by atoms with Crippen molar-refractivity contribution in [3.63, 3.8) is 0 Å². The van der Waals surface area contributed by atoms with Gasteiger partial charge in [0, 0.05) is 0 Å². The summed E-state index contributed by atoms with van der Waals surface area (Å²) < 4.78 is 0. The maximum absolute atomic E-state index is 8.44. The first kappa shape index (κ1) is 15.7. The number of carbonyl (C=O) groups is 1. The monoisotopic (exact) mass is 171 g/mol. The number of hydrogen-bond acceptors (Lipinski definition) is 3. The van der Waals surface area contributed by atoms with E-state index in [1.165, 1.54) is 23.3 Å². The summed E-state index contributed by atoms with van der Waals surface area (Å²) in [5, 5.41) is 16.7. The molecule has 0 bridgehead atoms. The van der Waals surface area contributed by atoms with Gasteiger partial charge in [0.15, 0.2) is 0 Å². The van der Waals surface area contributed by atoms with E-state index in [9.17, 15) is 0 Å². The topological polar surface area (TPSA) is 95.4 Å². The fourth-order valence-electron chi connectivity index (χ4n) is 0. The van der Waals surface area contributed by atoms with Gasteiger partial charge in [-0.05, 0) is 0 Å². The molecule has 0 atom stereocenters. The molecule has 0 heterocycles. The fraction of sp³-hybridized carbons (Fsp3) is 0.667. The van der Waals surface area contributed by atoms with Gasteiger partial charge >= 0.3 is 30.2 Å². The van der Waals surface area contributed by atoms with Crippen molar-refractivity contribution in [2.45, 2.75) is 11.9 Å². The molecule has 0 unspecified atom stereocenters. The molecule has 0 amide bonds. The largest absolute Gasteiger partial charge is 0.565 e. The first-order chi connectivity index (χ1) is 3.15. The Morgan fingerprint density at radius 1 is 1.88 bits per heavy atom. The van der Waals surface area contributed by atoms with Crippen LogP contribution in [-0.2, 0) is 18.3 Å². The van der Waals surface area contributed by atoms with Crippen LogP contribution in [0.15, 0.2) is 0 Å². The summed E-state index contributed by atoms with van der Waals surface area (Å²) in [5.74, 6) is 0. The Morgan fingerprint density at radius 3 is 1.88 bits per heavy atom. The van der Waals surface area contributed by atoms with E-state index in [1.54, 1.807) is 0 Å². The van der Waals surface area contributed by atoms with Crippen LogP contribution in [0.1, 0.15) is 6.92 Å². The second kappa shape index (κ2) is 15.8. The molecule has 0 saturated carbocycles. The minimum absolute atomic E-state index is 0. The van der Waals surface area contributed by atoms with Gasteiger partial charge in [-0.1, -0.05) is 0 Å². The zero-order chi connectivity index (χ0) is 6.28. The summed E-state index contributed by atoms with van der Waals surface area (Å²) in [6, 6.07) is 0. The Morgan fingerprint density at radius 2 is 1.88 bits per heavy atom. The molecular weight excluding hydrogens is 163 g/mol. The Labute approximate surface area is 58.2 Å². The SMILES string of the molecule is C[CH2][Zn+].N.O=C([O-])O. The van der Waals surface area contributed by atoms with Crippen molar-refractivity contribution < 1.29 is 33.3 Å². The van der Waals surface area contributed by atoms with Gasteiger partial charge in [0.25, 0.3) is 0 Å². The molecule has 0 rings (SSSR count). The first-order valence-electron chi connectivity index (χ1n) is 1.84. The first-order valence-corrected chi connectivity index (χ1v) is 3.94. The molecule has 8 heavy (non-hydrogen) atoms. The van der Waals surface area contributed by atoms with Crippen molar-refractivity contribution in [1.29, 1.82) is 0 Å². The Kier molecular flexibility index (Phi) is 31.0. The van der Waals surface area contributed by atoms with Gasteiger partial charge in [-0.3, -0.25) is 0 Å². The van der Waals surface area contributed by atoms with E-state index in [2.05, 4.69) is 6.92 Å². The minimum atomic E-state index is -2.08. The maximum atomic E-state index is 8.44. The molecule has 0 aliphatic rings. The van der Waals surface area contributed by atoms with Crippen LogP contribution < -0.4 is 11.3 Å². The number of rotatable bonds is 0. The molecule has 0 aromatic heterocycles. The van der Waals surface area contributed by atoms with Gasteiger partial charge in [0.1, 0.15) is 0 Å². The van der Waals surface area contributed by atoms with Crippen molar-refractivity contribution in [2.75, 3.05) is 0 Å². The van der Waals surface area contributed by atoms with Crippen molar-refractivity contribution >= 4 is 6.16 Å². The van der Waals surface area contributed by atoms with Gasteiger partial charge < -0.3 is 21.2 Å². The smallest absolute Gasteiger partial charge is 0.249 e. The molecule has 4 nitrogen and oxygen atoms in total. The Balaban J connectivity index is -0.0000000575. The van der Waals surface area contributed by atoms with Crippen molar-refractivity contribution in [3.05, 3.63) is 0 Å². The minimum Gasteiger partial charge on any atom is -0.565 e. The van der Waals surface area contributed by atoms with Crippen LogP contribution in [0.4, 0.5) is 4.79 Å². The predicted molar refractivity (Wildman–Crippen MR) is 23.5 cm³/mol. The van der Waals surface area contributed by atoms with E-state index in [4.69, 9.17) is 15.0 Å². The van der Waals surface area contributed by atoms with E-state index in [-0.39, 0.29) is 6.15 Å². The third-order valence-corrected chi connectivity index (χ3v) is 0. The summed E-state index contributed by atoms with van der Waals surface area (Å²) in [6.07, 6.45) is -2.08. The molecule has 4 N–H and O–H groups in total. The summed E-state index contributed by atoms with van der Waals surface area (Å²) in [5.41, 5.74) is 0. The summed E-state index contributed by atoms with van der Waals surface area (Å²) in [6.45, 7) is 2.18. The molecule has 0 spiro atoms. The van der Waals surface area contributed by atoms with Gasteiger partial charge in [0.05, 0.1) is 0 Å². The van der Waals surface area contributed by atoms with Crippen LogP contribution in [0.3, 0.4) is 0 Å². The second-order valence-electron chi connectivity index (χ2n) is 0.766. The molecule has 46 valence electrons. The summed E-state index contributed by atoms with van der Waals surface area (Å²) in [7, 11) is 0. The second-order valence-corrected chi connectivity index (χ2v) is 2.86. The predicted octanol–water partition coefficient (Wildman–Crippen LogP) is 0.0211. The zero-order valence-electron chi connectivity index (χ0n) is 4.89. The van der Waals surface area contributed by atoms with E-state index in [0.29, 0.717) is 0 Å². The summed E-state index contributed by atoms with van der Waals surface area (Å²) in [4.78, 5) is 8.44. The number of hydrogen-bond donors (Lipinski definition) is 2. The fourth-order valence-corrected chi connectivity index (χ4v) is 0. The van der Waals surface area contributed by atoms with Crippen molar-refractivity contribution in [2.24, 2.45) is 0 Å². The van der Waals surface area contributed by atoms with Gasteiger partial charge in [-0.15, -0.1) is 0 Å². The van der Waals surface area contributed by atoms with Crippen LogP contribution >= 0.6 is 0 Å². The zero-order valence-corrected chi connectivity index (χ0v) is 7.85. The van der Waals surface area contributed by atoms with E-state index in [1.807, 2.05) is 0 Å². The molecule has 0 aliphatic carbocycles. The van der Waals surface area contributed by atoms with Crippen LogP contribution in [0.2, 0.25) is 5.02 Å². The standard InChI is InChI=1S/C2H5.CH2O3.H3N.Zn/c1-2;2-1(3)4;;/h1H2,2H3;(H2,2,3,4);1H3;/q;;;+1/p-1. The van der Waals surface area contributed by atoms with E-state index >= 15 is 0 Å². The van der Waals surface area contributed by atoms with E-state index in [0.717, 1.165) is 0 Å². The van der Waals surface area contributed by atoms with Crippen LogP contribution in [-0.4, -0.2) is 11.3 Å². The number of carboxylic acid groups (broad SMARTS) is 2. The Hall–Kier alpha value is -0.147.